The molecule has 118 valence electrons. The van der Waals surface area contributed by atoms with Gasteiger partial charge in [0.15, 0.2) is 0 Å². The Hall–Kier alpha value is -1.93. The van der Waals surface area contributed by atoms with E-state index >= 15 is 0 Å². The van der Waals surface area contributed by atoms with Crippen molar-refractivity contribution < 1.29 is 4.74 Å². The van der Waals surface area contributed by atoms with Crippen molar-refractivity contribution in [3.63, 3.8) is 0 Å². The normalized spacial score (nSPS) is 24.7. The predicted octanol–water partition coefficient (Wildman–Crippen LogP) is 5.57. The summed E-state index contributed by atoms with van der Waals surface area (Å²) in [5.74, 6) is 1.91. The van der Waals surface area contributed by atoms with Crippen LogP contribution in [-0.4, -0.2) is 6.61 Å². The zero-order valence-corrected chi connectivity index (χ0v) is 13.9. The van der Waals surface area contributed by atoms with Crippen LogP contribution in [0.25, 0.3) is 0 Å². The highest BCUT2D eigenvalue weighted by molar-refractivity contribution is 6.33. The van der Waals surface area contributed by atoms with E-state index in [-0.39, 0.29) is 6.04 Å². The van der Waals surface area contributed by atoms with Gasteiger partial charge >= 0.3 is 0 Å². The number of nitrogens with one attached hydrogen (secondary N) is 1. The lowest BCUT2D eigenvalue weighted by atomic mass is 9.77. The molecule has 2 aromatic rings. The fourth-order valence-electron chi connectivity index (χ4n) is 3.85. The Morgan fingerprint density at radius 2 is 2.00 bits per heavy atom. The van der Waals surface area contributed by atoms with Gasteiger partial charge in [0.1, 0.15) is 5.75 Å². The van der Waals surface area contributed by atoms with Gasteiger partial charge in [-0.05, 0) is 48.6 Å². The molecule has 0 fully saturated rings. The quantitative estimate of drug-likeness (QED) is 0.745. The Balaban J connectivity index is 1.71. The monoisotopic (exact) mass is 325 g/mol. The smallest absolute Gasteiger partial charge is 0.119 e. The van der Waals surface area contributed by atoms with Crippen LogP contribution >= 0.6 is 11.6 Å². The molecular formula is C20H20ClNO. The lowest BCUT2D eigenvalue weighted by molar-refractivity contribution is 0.340. The minimum absolute atomic E-state index is 0.276. The molecule has 0 unspecified atom stereocenters. The predicted molar refractivity (Wildman–Crippen MR) is 95.4 cm³/mol. The van der Waals surface area contributed by atoms with Crippen LogP contribution in [0.4, 0.5) is 5.69 Å². The maximum absolute atomic E-state index is 6.45. The SMILES string of the molecule is CCOc1ccc([C@@H]2Nc3c(Cl)cccc3[C@@H]3C=CC[C@@H]32)cc1. The fourth-order valence-corrected chi connectivity index (χ4v) is 4.09. The highest BCUT2D eigenvalue weighted by Gasteiger charge is 2.38. The Kier molecular flexibility index (Phi) is 3.78. The number of anilines is 1. The van der Waals surface area contributed by atoms with E-state index in [2.05, 4.69) is 47.8 Å². The lowest BCUT2D eigenvalue weighted by Gasteiger charge is -2.38. The lowest BCUT2D eigenvalue weighted by Crippen LogP contribution is -2.29. The first-order chi connectivity index (χ1) is 11.3. The van der Waals surface area contributed by atoms with Gasteiger partial charge in [-0.2, -0.15) is 0 Å². The second-order valence-corrected chi connectivity index (χ2v) is 6.59. The van der Waals surface area contributed by atoms with Gasteiger partial charge in [-0.25, -0.2) is 0 Å². The average molecular weight is 326 g/mol. The largest absolute Gasteiger partial charge is 0.494 e. The molecule has 1 N–H and O–H groups in total. The summed E-state index contributed by atoms with van der Waals surface area (Å²) in [5.41, 5.74) is 3.69. The van der Waals surface area contributed by atoms with Crippen LogP contribution in [0.5, 0.6) is 5.75 Å². The van der Waals surface area contributed by atoms with Crippen molar-refractivity contribution in [3.05, 3.63) is 70.8 Å². The maximum atomic E-state index is 6.45. The molecule has 0 radical (unpaired) electrons. The first-order valence-corrected chi connectivity index (χ1v) is 8.60. The van der Waals surface area contributed by atoms with Crippen molar-refractivity contribution in [2.75, 3.05) is 11.9 Å². The molecule has 1 aliphatic carbocycles. The molecular weight excluding hydrogens is 306 g/mol. The summed E-state index contributed by atoms with van der Waals surface area (Å²) in [5, 5.41) is 4.49. The van der Waals surface area contributed by atoms with Crippen LogP contribution in [0, 0.1) is 5.92 Å². The molecule has 1 heterocycles. The third kappa shape index (κ3) is 2.51. The Bertz CT molecular complexity index is 738. The zero-order valence-electron chi connectivity index (χ0n) is 13.1. The van der Waals surface area contributed by atoms with Gasteiger partial charge in [0.05, 0.1) is 23.4 Å². The number of halogens is 1. The summed E-state index contributed by atoms with van der Waals surface area (Å²) < 4.78 is 5.56. The number of ether oxygens (including phenoxy) is 1. The molecule has 0 bridgehead atoms. The topological polar surface area (TPSA) is 21.3 Å². The third-order valence-corrected chi connectivity index (χ3v) is 5.21. The molecule has 1 aliphatic heterocycles. The van der Waals surface area contributed by atoms with Crippen LogP contribution < -0.4 is 10.1 Å². The fraction of sp³-hybridized carbons (Fsp3) is 0.300. The molecule has 2 nitrogen and oxygen atoms in total. The van der Waals surface area contributed by atoms with Crippen LogP contribution in [0.1, 0.15) is 36.4 Å². The Morgan fingerprint density at radius 1 is 1.17 bits per heavy atom. The van der Waals surface area contributed by atoms with Crippen LogP contribution in [0.15, 0.2) is 54.6 Å². The first-order valence-electron chi connectivity index (χ1n) is 8.22. The minimum atomic E-state index is 0.276. The summed E-state index contributed by atoms with van der Waals surface area (Å²) in [6.45, 7) is 2.70. The number of fused-ring (bicyclic) bond motifs is 3. The molecule has 3 heteroatoms. The van der Waals surface area contributed by atoms with Crippen molar-refractivity contribution in [1.82, 2.24) is 0 Å². The third-order valence-electron chi connectivity index (χ3n) is 4.90. The minimum Gasteiger partial charge on any atom is -0.494 e. The number of hydrogen-bond donors (Lipinski definition) is 1. The molecule has 2 aliphatic rings. The molecule has 2 aromatic carbocycles. The second-order valence-electron chi connectivity index (χ2n) is 6.18. The van der Waals surface area contributed by atoms with Crippen molar-refractivity contribution in [2.45, 2.75) is 25.3 Å². The molecule has 0 saturated carbocycles. The maximum Gasteiger partial charge on any atom is 0.119 e. The summed E-state index contributed by atoms with van der Waals surface area (Å²) >= 11 is 6.45. The van der Waals surface area contributed by atoms with Crippen LogP contribution in [0.2, 0.25) is 5.02 Å². The van der Waals surface area contributed by atoms with E-state index in [0.717, 1.165) is 22.9 Å². The van der Waals surface area contributed by atoms with Gasteiger partial charge in [0.25, 0.3) is 0 Å². The zero-order chi connectivity index (χ0) is 15.8. The van der Waals surface area contributed by atoms with E-state index in [0.29, 0.717) is 18.4 Å². The number of hydrogen-bond acceptors (Lipinski definition) is 2. The van der Waals surface area contributed by atoms with Crippen LogP contribution in [-0.2, 0) is 0 Å². The molecule has 23 heavy (non-hydrogen) atoms. The van der Waals surface area contributed by atoms with E-state index in [4.69, 9.17) is 16.3 Å². The molecule has 0 amide bonds. The van der Waals surface area contributed by atoms with Gasteiger partial charge < -0.3 is 10.1 Å². The number of rotatable bonds is 3. The highest BCUT2D eigenvalue weighted by atomic mass is 35.5. The van der Waals surface area contributed by atoms with E-state index in [9.17, 15) is 0 Å². The highest BCUT2D eigenvalue weighted by Crippen LogP contribution is 2.51. The van der Waals surface area contributed by atoms with Gasteiger partial charge in [-0.15, -0.1) is 0 Å². The van der Waals surface area contributed by atoms with Crippen molar-refractivity contribution >= 4 is 17.3 Å². The van der Waals surface area contributed by atoms with Gasteiger partial charge in [0, 0.05) is 5.92 Å². The Morgan fingerprint density at radius 3 is 2.78 bits per heavy atom. The molecule has 3 atom stereocenters. The molecule has 0 spiro atoms. The van der Waals surface area contributed by atoms with Crippen LogP contribution in [0.3, 0.4) is 0 Å². The summed E-state index contributed by atoms with van der Waals surface area (Å²) in [4.78, 5) is 0. The van der Waals surface area contributed by atoms with Crippen molar-refractivity contribution in [3.8, 4) is 5.75 Å². The summed E-state index contributed by atoms with van der Waals surface area (Å²) in [6.07, 6.45) is 5.73. The van der Waals surface area contributed by atoms with E-state index < -0.39 is 0 Å². The van der Waals surface area contributed by atoms with Gasteiger partial charge in [-0.1, -0.05) is 48.0 Å². The Labute approximate surface area is 142 Å². The second kappa shape index (κ2) is 5.93. The summed E-state index contributed by atoms with van der Waals surface area (Å²) in [7, 11) is 0. The van der Waals surface area contributed by atoms with Crippen molar-refractivity contribution in [2.24, 2.45) is 5.92 Å². The summed E-state index contributed by atoms with van der Waals surface area (Å²) in [6, 6.07) is 14.9. The number of para-hydroxylation sites is 1. The molecule has 0 saturated heterocycles. The van der Waals surface area contributed by atoms with E-state index in [1.807, 2.05) is 19.1 Å². The molecule has 0 aromatic heterocycles. The van der Waals surface area contributed by atoms with Crippen molar-refractivity contribution in [1.29, 1.82) is 0 Å². The van der Waals surface area contributed by atoms with E-state index in [1.54, 1.807) is 0 Å². The average Bonchev–Trinajstić information content (AvgIpc) is 3.06. The number of benzene rings is 2. The standard InChI is InChI=1S/C20H20ClNO/c1-2-23-14-11-9-13(10-12-14)19-16-6-3-5-15(16)17-7-4-8-18(21)20(17)22-19/h3-5,7-12,15-16,19,22H,2,6H2,1H3/t15-,16+,19+/m1/s1. The van der Waals surface area contributed by atoms with Gasteiger partial charge in [0.2, 0.25) is 0 Å². The first kappa shape index (κ1) is 14.6. The molecule has 4 rings (SSSR count). The van der Waals surface area contributed by atoms with E-state index in [1.165, 1.54) is 11.1 Å². The van der Waals surface area contributed by atoms with Gasteiger partial charge in [-0.3, -0.25) is 0 Å². The number of allylic oxidation sites excluding steroid dienone is 2.